The van der Waals surface area contributed by atoms with Gasteiger partial charge >= 0.3 is 17.9 Å². The number of esters is 2. The second kappa shape index (κ2) is 32.7. The second-order valence-corrected chi connectivity index (χ2v) is 3.17. The lowest BCUT2D eigenvalue weighted by molar-refractivity contribution is -0.156. The van der Waals surface area contributed by atoms with E-state index < -0.39 is 17.9 Å². The Morgan fingerprint density at radius 3 is 1.58 bits per heavy atom. The van der Waals surface area contributed by atoms with E-state index in [-0.39, 0.29) is 11.7 Å². The average molecular weight is 365 g/mol. The van der Waals surface area contributed by atoms with E-state index in [4.69, 9.17) is 16.7 Å². The highest BCUT2D eigenvalue weighted by Crippen LogP contribution is 1.85. The first-order chi connectivity index (χ1) is 11.2. The minimum Gasteiger partial charge on any atom is -0.478 e. The maximum atomic E-state index is 10.3. The van der Waals surface area contributed by atoms with Gasteiger partial charge in [-0.25, -0.2) is 9.59 Å². The van der Waals surface area contributed by atoms with Gasteiger partial charge in [0, 0.05) is 18.9 Å². The lowest BCUT2D eigenvalue weighted by atomic mass is 10.5. The Morgan fingerprint density at radius 2 is 1.46 bits per heavy atom. The fourth-order valence-corrected chi connectivity index (χ4v) is 0.313. The van der Waals surface area contributed by atoms with Crippen molar-refractivity contribution < 1.29 is 29.0 Å². The molecule has 0 amide bonds. The molecule has 0 saturated heterocycles. The summed E-state index contributed by atoms with van der Waals surface area (Å²) in [6.07, 6.45) is 2.44. The van der Waals surface area contributed by atoms with Crippen molar-refractivity contribution in [1.82, 2.24) is 0 Å². The maximum absolute atomic E-state index is 10.3. The van der Waals surface area contributed by atoms with Crippen molar-refractivity contribution in [3.8, 4) is 0 Å². The fourth-order valence-electron chi connectivity index (χ4n) is 0.313. The molecule has 0 aromatic rings. The highest BCUT2D eigenvalue weighted by atomic mass is 35.5. The van der Waals surface area contributed by atoms with Gasteiger partial charge in [-0.3, -0.25) is 9.59 Å². The summed E-state index contributed by atoms with van der Waals surface area (Å²) in [6.45, 7) is 17.5. The highest BCUT2D eigenvalue weighted by molar-refractivity contribution is 6.63. The van der Waals surface area contributed by atoms with E-state index in [0.717, 1.165) is 12.2 Å². The molecule has 0 fully saturated rings. The third-order valence-electron chi connectivity index (χ3n) is 1.17. The number of carboxylic acid groups (broad SMARTS) is 1. The van der Waals surface area contributed by atoms with Gasteiger partial charge in [0.15, 0.2) is 0 Å². The highest BCUT2D eigenvalue weighted by Gasteiger charge is 2.01. The standard InChI is InChI=1S/C6H8O3.C4H4O2.C3H5ClO.2C2H6/c1-3-5(7)9-6(8)4-2;1-2-3-4(5)6;1-2-3(4)5;2*1-2/h3H,1,4H2,2H3;3H,1H2,(H,5,6);2H2,1H3;2*1-2H3. The number of rotatable bonds is 4. The SMILES string of the molecule is C=C=CC(=O)O.C=CC(=O)OC(=O)CC.CC.CC.CCC(=O)Cl. The molecule has 7 heteroatoms. The first kappa shape index (κ1) is 33.4. The van der Waals surface area contributed by atoms with Gasteiger partial charge in [0.25, 0.3) is 0 Å². The van der Waals surface area contributed by atoms with Gasteiger partial charge in [-0.1, -0.05) is 54.7 Å². The zero-order chi connectivity index (χ0) is 20.6. The molecule has 0 spiro atoms. The molecule has 0 saturated carbocycles. The summed E-state index contributed by atoms with van der Waals surface area (Å²) in [6, 6.07) is 0. The molecular formula is C17H29ClO6. The number of hydrogen-bond donors (Lipinski definition) is 1. The summed E-state index contributed by atoms with van der Waals surface area (Å²) in [7, 11) is 0. The van der Waals surface area contributed by atoms with E-state index in [1.807, 2.05) is 27.7 Å². The van der Waals surface area contributed by atoms with Crippen LogP contribution in [-0.2, 0) is 23.9 Å². The van der Waals surface area contributed by atoms with Gasteiger partial charge in [-0.2, -0.15) is 0 Å². The Morgan fingerprint density at radius 1 is 1.08 bits per heavy atom. The predicted octanol–water partition coefficient (Wildman–Crippen LogP) is 4.28. The molecular weight excluding hydrogens is 336 g/mol. The van der Waals surface area contributed by atoms with Crippen molar-refractivity contribution in [2.24, 2.45) is 0 Å². The molecule has 0 aromatic heterocycles. The monoisotopic (exact) mass is 364 g/mol. The Bertz CT molecular complexity index is 396. The van der Waals surface area contributed by atoms with Gasteiger partial charge in [-0.15, -0.1) is 5.73 Å². The number of halogens is 1. The van der Waals surface area contributed by atoms with Crippen molar-refractivity contribution >= 4 is 34.8 Å². The Balaban J connectivity index is -0.0000000705. The molecule has 0 bridgehead atoms. The van der Waals surface area contributed by atoms with Crippen LogP contribution in [0.4, 0.5) is 0 Å². The smallest absolute Gasteiger partial charge is 0.337 e. The maximum Gasteiger partial charge on any atom is 0.337 e. The molecule has 0 atom stereocenters. The Kier molecular flexibility index (Phi) is 45.5. The molecule has 0 aliphatic rings. The average Bonchev–Trinajstić information content (AvgIpc) is 2.59. The summed E-state index contributed by atoms with van der Waals surface area (Å²) in [5, 5.41) is 7.48. The van der Waals surface area contributed by atoms with Crippen molar-refractivity contribution in [3.63, 3.8) is 0 Å². The minimum atomic E-state index is -1.01. The Labute approximate surface area is 149 Å². The summed E-state index contributed by atoms with van der Waals surface area (Å²) in [5.41, 5.74) is 2.09. The number of aliphatic carboxylic acids is 1. The molecule has 0 rings (SSSR count). The molecule has 0 aromatic carbocycles. The van der Waals surface area contributed by atoms with Gasteiger partial charge in [0.1, 0.15) is 0 Å². The van der Waals surface area contributed by atoms with Gasteiger partial charge < -0.3 is 9.84 Å². The van der Waals surface area contributed by atoms with E-state index in [0.29, 0.717) is 6.42 Å². The van der Waals surface area contributed by atoms with Crippen LogP contribution in [0.25, 0.3) is 0 Å². The number of carboxylic acids is 1. The lowest BCUT2D eigenvalue weighted by Gasteiger charge is -1.92. The van der Waals surface area contributed by atoms with E-state index in [1.165, 1.54) is 0 Å². The second-order valence-electron chi connectivity index (χ2n) is 2.75. The van der Waals surface area contributed by atoms with Crippen LogP contribution in [0.5, 0.6) is 0 Å². The van der Waals surface area contributed by atoms with Crippen LogP contribution in [0.15, 0.2) is 31.0 Å². The lowest BCUT2D eigenvalue weighted by Crippen LogP contribution is -2.07. The molecule has 0 unspecified atom stereocenters. The zero-order valence-electron chi connectivity index (χ0n) is 15.3. The molecule has 0 heterocycles. The number of ether oxygens (including phenoxy) is 1. The summed E-state index contributed by atoms with van der Waals surface area (Å²) < 4.78 is 4.15. The van der Waals surface area contributed by atoms with Gasteiger partial charge in [-0.05, 0) is 11.6 Å². The molecule has 6 nitrogen and oxygen atoms in total. The van der Waals surface area contributed by atoms with Crippen LogP contribution >= 0.6 is 11.6 Å². The zero-order valence-corrected chi connectivity index (χ0v) is 16.1. The van der Waals surface area contributed by atoms with E-state index in [1.54, 1.807) is 13.8 Å². The van der Waals surface area contributed by atoms with Crippen molar-refractivity contribution in [2.45, 2.75) is 54.4 Å². The molecule has 0 aliphatic carbocycles. The van der Waals surface area contributed by atoms with Crippen LogP contribution in [0.3, 0.4) is 0 Å². The van der Waals surface area contributed by atoms with E-state index >= 15 is 0 Å². The number of carbonyl (C=O) groups excluding carboxylic acids is 3. The Hall–Kier alpha value is -2.17. The molecule has 24 heavy (non-hydrogen) atoms. The molecule has 1 N–H and O–H groups in total. The fraction of sp³-hybridized carbons (Fsp3) is 0.471. The normalized spacial score (nSPS) is 6.62. The number of carbonyl (C=O) groups is 4. The van der Waals surface area contributed by atoms with Crippen LogP contribution in [-0.4, -0.2) is 28.3 Å². The molecule has 0 radical (unpaired) electrons. The van der Waals surface area contributed by atoms with Crippen LogP contribution < -0.4 is 0 Å². The van der Waals surface area contributed by atoms with Crippen LogP contribution in [0.1, 0.15) is 54.4 Å². The summed E-state index contributed by atoms with van der Waals surface area (Å²) in [5.74, 6) is -2.23. The third kappa shape index (κ3) is 59.9. The van der Waals surface area contributed by atoms with Gasteiger partial charge in [0.2, 0.25) is 5.24 Å². The quantitative estimate of drug-likeness (QED) is 0.263. The summed E-state index contributed by atoms with van der Waals surface area (Å²) >= 11 is 4.82. The van der Waals surface area contributed by atoms with Crippen LogP contribution in [0.2, 0.25) is 0 Å². The molecule has 0 aliphatic heterocycles. The van der Waals surface area contributed by atoms with Crippen molar-refractivity contribution in [2.75, 3.05) is 0 Å². The summed E-state index contributed by atoms with van der Waals surface area (Å²) in [4.78, 5) is 39.5. The topological polar surface area (TPSA) is 97.7 Å². The van der Waals surface area contributed by atoms with Crippen molar-refractivity contribution in [3.05, 3.63) is 31.0 Å². The van der Waals surface area contributed by atoms with E-state index in [9.17, 15) is 19.2 Å². The largest absolute Gasteiger partial charge is 0.478 e. The minimum absolute atomic E-state index is 0.208. The number of hydrogen-bond acceptors (Lipinski definition) is 5. The van der Waals surface area contributed by atoms with Gasteiger partial charge in [0.05, 0.1) is 6.08 Å². The first-order valence-electron chi connectivity index (χ1n) is 7.39. The first-order valence-corrected chi connectivity index (χ1v) is 7.76. The third-order valence-corrected chi connectivity index (χ3v) is 1.44. The van der Waals surface area contributed by atoms with E-state index in [2.05, 4.69) is 23.6 Å². The molecule has 140 valence electrons. The van der Waals surface area contributed by atoms with Crippen LogP contribution in [0, 0.1) is 0 Å². The van der Waals surface area contributed by atoms with Crippen molar-refractivity contribution in [1.29, 1.82) is 0 Å². The predicted molar refractivity (Wildman–Crippen MR) is 96.8 cm³/mol.